The van der Waals surface area contributed by atoms with Crippen molar-refractivity contribution < 1.29 is 8.42 Å². The number of sulfone groups is 1. The molecule has 0 rings (SSSR count). The Morgan fingerprint density at radius 1 is 1.33 bits per heavy atom. The molecule has 0 aliphatic heterocycles. The molecule has 0 aromatic heterocycles. The van der Waals surface area contributed by atoms with Gasteiger partial charge in [-0.15, -0.1) is 6.42 Å². The minimum atomic E-state index is -3.31. The maximum absolute atomic E-state index is 10.8. The van der Waals surface area contributed by atoms with Crippen molar-refractivity contribution >= 4 is 9.84 Å². The summed E-state index contributed by atoms with van der Waals surface area (Å²) in [4.78, 5) is 0. The molecule has 9 heavy (non-hydrogen) atoms. The molecule has 0 aromatic rings. The Bertz CT molecular complexity index is 223. The predicted octanol–water partition coefficient (Wildman–Crippen LogP) is 0.790. The molecule has 52 valence electrons. The summed E-state index contributed by atoms with van der Waals surface area (Å²) in [6, 6.07) is 0. The lowest BCUT2D eigenvalue weighted by atomic mass is 10.3. The van der Waals surface area contributed by atoms with Crippen LogP contribution in [0.1, 0.15) is 20.8 Å². The SMILES string of the molecule is C#CS(=O)(=O)C(C)(C)C. The van der Waals surface area contributed by atoms with E-state index in [0.717, 1.165) is 0 Å². The van der Waals surface area contributed by atoms with Crippen molar-refractivity contribution in [1.82, 2.24) is 0 Å². The normalized spacial score (nSPS) is 12.7. The van der Waals surface area contributed by atoms with Gasteiger partial charge >= 0.3 is 0 Å². The molecule has 0 aliphatic carbocycles. The smallest absolute Gasteiger partial charge is 0.215 e. The van der Waals surface area contributed by atoms with Gasteiger partial charge in [0, 0.05) is 5.25 Å². The lowest BCUT2D eigenvalue weighted by molar-refractivity contribution is 0.572. The summed E-state index contributed by atoms with van der Waals surface area (Å²) >= 11 is 0. The monoisotopic (exact) mass is 146 g/mol. The maximum atomic E-state index is 10.8. The van der Waals surface area contributed by atoms with Crippen molar-refractivity contribution in [3.63, 3.8) is 0 Å². The van der Waals surface area contributed by atoms with Gasteiger partial charge in [-0.2, -0.15) is 0 Å². The molecule has 0 saturated carbocycles. The summed E-state index contributed by atoms with van der Waals surface area (Å²) in [5, 5.41) is 1.75. The van der Waals surface area contributed by atoms with Gasteiger partial charge in [-0.25, -0.2) is 8.42 Å². The predicted molar refractivity (Wildman–Crippen MR) is 37.5 cm³/mol. The van der Waals surface area contributed by atoms with E-state index in [4.69, 9.17) is 6.42 Å². The summed E-state index contributed by atoms with van der Waals surface area (Å²) in [6.45, 7) is 4.71. The van der Waals surface area contributed by atoms with E-state index in [2.05, 4.69) is 0 Å². The van der Waals surface area contributed by atoms with Gasteiger partial charge in [0.05, 0.1) is 4.75 Å². The van der Waals surface area contributed by atoms with Crippen LogP contribution in [0, 0.1) is 11.7 Å². The lowest BCUT2D eigenvalue weighted by Gasteiger charge is -2.12. The molecular weight excluding hydrogens is 136 g/mol. The van der Waals surface area contributed by atoms with Crippen molar-refractivity contribution in [3.05, 3.63) is 0 Å². The largest absolute Gasteiger partial charge is 0.221 e. The van der Waals surface area contributed by atoms with E-state index in [1.165, 1.54) is 0 Å². The van der Waals surface area contributed by atoms with Crippen LogP contribution >= 0.6 is 0 Å². The highest BCUT2D eigenvalue weighted by atomic mass is 32.2. The van der Waals surface area contributed by atoms with Crippen LogP contribution in [-0.2, 0) is 9.84 Å². The topological polar surface area (TPSA) is 34.1 Å². The van der Waals surface area contributed by atoms with E-state index >= 15 is 0 Å². The van der Waals surface area contributed by atoms with Crippen LogP contribution < -0.4 is 0 Å². The van der Waals surface area contributed by atoms with Crippen LogP contribution in [0.15, 0.2) is 0 Å². The standard InChI is InChI=1S/C6H10O2S/c1-5-9(7,8)6(2,3)4/h1H,2-4H3. The summed E-state index contributed by atoms with van der Waals surface area (Å²) in [5.74, 6) is 0. The minimum Gasteiger partial charge on any atom is -0.215 e. The van der Waals surface area contributed by atoms with Crippen molar-refractivity contribution in [2.24, 2.45) is 0 Å². The van der Waals surface area contributed by atoms with Gasteiger partial charge in [-0.1, -0.05) is 0 Å². The highest BCUT2D eigenvalue weighted by Gasteiger charge is 2.26. The Kier molecular flexibility index (Phi) is 1.92. The summed E-state index contributed by atoms with van der Waals surface area (Å²) in [7, 11) is -3.31. The van der Waals surface area contributed by atoms with Crippen molar-refractivity contribution in [1.29, 1.82) is 0 Å². The molecule has 0 aromatic carbocycles. The number of terminal acetylenes is 1. The maximum Gasteiger partial charge on any atom is 0.221 e. The van der Waals surface area contributed by atoms with Crippen LogP contribution in [0.4, 0.5) is 0 Å². The van der Waals surface area contributed by atoms with Crippen LogP contribution in [0.3, 0.4) is 0 Å². The molecule has 0 saturated heterocycles. The first kappa shape index (κ1) is 8.51. The van der Waals surface area contributed by atoms with E-state index in [1.54, 1.807) is 26.0 Å². The zero-order chi connectivity index (χ0) is 7.71. The van der Waals surface area contributed by atoms with Gasteiger partial charge in [0.2, 0.25) is 9.84 Å². The molecular formula is C6H10O2S. The molecule has 0 spiro atoms. The van der Waals surface area contributed by atoms with Crippen molar-refractivity contribution in [3.8, 4) is 11.7 Å². The Morgan fingerprint density at radius 2 is 1.67 bits per heavy atom. The highest BCUT2D eigenvalue weighted by Crippen LogP contribution is 2.13. The third-order valence-electron chi connectivity index (χ3n) is 0.961. The van der Waals surface area contributed by atoms with Crippen LogP contribution in [-0.4, -0.2) is 13.2 Å². The zero-order valence-electron chi connectivity index (χ0n) is 5.80. The Hall–Kier alpha value is -0.490. The first-order valence-electron chi connectivity index (χ1n) is 2.53. The molecule has 0 heterocycles. The summed E-state index contributed by atoms with van der Waals surface area (Å²) in [6.07, 6.45) is 4.75. The summed E-state index contributed by atoms with van der Waals surface area (Å²) in [5.41, 5.74) is 0. The number of hydrogen-bond donors (Lipinski definition) is 0. The molecule has 3 heteroatoms. The van der Waals surface area contributed by atoms with Gasteiger partial charge < -0.3 is 0 Å². The minimum absolute atomic E-state index is 0.818. The molecule has 0 amide bonds. The van der Waals surface area contributed by atoms with Gasteiger partial charge in [0.15, 0.2) is 0 Å². The highest BCUT2D eigenvalue weighted by molar-refractivity contribution is 7.97. The lowest BCUT2D eigenvalue weighted by Crippen LogP contribution is -2.25. The molecule has 0 atom stereocenters. The van der Waals surface area contributed by atoms with E-state index in [9.17, 15) is 8.42 Å². The van der Waals surface area contributed by atoms with E-state index in [0.29, 0.717) is 0 Å². The first-order chi connectivity index (χ1) is 3.81. The Balaban J connectivity index is 4.86. The second-order valence-electron chi connectivity index (χ2n) is 2.73. The molecule has 0 fully saturated rings. The van der Waals surface area contributed by atoms with Crippen LogP contribution in [0.5, 0.6) is 0 Å². The molecule has 0 unspecified atom stereocenters. The Labute approximate surface area is 56.2 Å². The summed E-state index contributed by atoms with van der Waals surface area (Å²) < 4.78 is 20.8. The van der Waals surface area contributed by atoms with Gasteiger partial charge in [-0.3, -0.25) is 0 Å². The fourth-order valence-corrected chi connectivity index (χ4v) is 0.530. The average Bonchev–Trinajstić information content (AvgIpc) is 1.64. The van der Waals surface area contributed by atoms with E-state index in [-0.39, 0.29) is 0 Å². The van der Waals surface area contributed by atoms with Crippen LogP contribution in [0.2, 0.25) is 0 Å². The molecule has 0 bridgehead atoms. The second-order valence-corrected chi connectivity index (χ2v) is 5.20. The third kappa shape index (κ3) is 1.72. The molecule has 2 nitrogen and oxygen atoms in total. The van der Waals surface area contributed by atoms with Gasteiger partial charge in [-0.05, 0) is 20.8 Å². The average molecular weight is 146 g/mol. The van der Waals surface area contributed by atoms with Gasteiger partial charge in [0.25, 0.3) is 0 Å². The van der Waals surface area contributed by atoms with Gasteiger partial charge in [0.1, 0.15) is 0 Å². The van der Waals surface area contributed by atoms with Crippen LogP contribution in [0.25, 0.3) is 0 Å². The molecule has 0 radical (unpaired) electrons. The van der Waals surface area contributed by atoms with E-state index < -0.39 is 14.6 Å². The second kappa shape index (κ2) is 2.03. The molecule has 0 aliphatic rings. The van der Waals surface area contributed by atoms with E-state index in [1.807, 2.05) is 0 Å². The number of hydrogen-bond acceptors (Lipinski definition) is 2. The van der Waals surface area contributed by atoms with Crippen molar-refractivity contribution in [2.45, 2.75) is 25.5 Å². The fourth-order valence-electron chi connectivity index (χ4n) is 0.177. The number of rotatable bonds is 0. The molecule has 0 N–H and O–H groups in total. The Morgan fingerprint density at radius 3 is 1.67 bits per heavy atom. The first-order valence-corrected chi connectivity index (χ1v) is 4.01. The fraction of sp³-hybridized carbons (Fsp3) is 0.667. The van der Waals surface area contributed by atoms with Crippen molar-refractivity contribution in [2.75, 3.05) is 0 Å². The quantitative estimate of drug-likeness (QED) is 0.374. The third-order valence-corrected chi connectivity index (χ3v) is 2.88. The zero-order valence-corrected chi connectivity index (χ0v) is 6.62.